The van der Waals surface area contributed by atoms with Crippen LogP contribution in [0.5, 0.6) is 0 Å². The lowest BCUT2D eigenvalue weighted by Gasteiger charge is -2.15. The van der Waals surface area contributed by atoms with Crippen LogP contribution >= 0.6 is 0 Å². The van der Waals surface area contributed by atoms with Crippen molar-refractivity contribution in [2.45, 2.75) is 39.8 Å². The molecule has 1 unspecified atom stereocenters. The molecule has 0 spiro atoms. The largest absolute Gasteiger partial charge is 0.374 e. The van der Waals surface area contributed by atoms with Crippen molar-refractivity contribution in [2.75, 3.05) is 26.2 Å². The molecule has 1 amide bonds. The minimum atomic E-state index is -0.0573. The summed E-state index contributed by atoms with van der Waals surface area (Å²) in [5, 5.41) is 9.42. The quantitative estimate of drug-likeness (QED) is 0.300. The SMILES string of the molecule is CCNC(=O)c1cccc(CN=C(NCC)NCCCOC(C)c2ccccc2)c1. The number of nitrogens with zero attached hydrogens (tertiary/aromatic N) is 1. The van der Waals surface area contributed by atoms with E-state index in [-0.39, 0.29) is 12.0 Å². The van der Waals surface area contributed by atoms with E-state index in [0.29, 0.717) is 25.3 Å². The summed E-state index contributed by atoms with van der Waals surface area (Å²) in [6, 6.07) is 17.8. The van der Waals surface area contributed by atoms with Crippen LogP contribution in [0.2, 0.25) is 0 Å². The predicted molar refractivity (Wildman–Crippen MR) is 123 cm³/mol. The Morgan fingerprint density at radius 1 is 1.00 bits per heavy atom. The molecule has 0 saturated carbocycles. The second kappa shape index (κ2) is 13.4. The summed E-state index contributed by atoms with van der Waals surface area (Å²) in [5.41, 5.74) is 2.85. The van der Waals surface area contributed by atoms with Crippen LogP contribution in [0.15, 0.2) is 59.6 Å². The van der Waals surface area contributed by atoms with Crippen molar-refractivity contribution in [3.05, 3.63) is 71.3 Å². The van der Waals surface area contributed by atoms with Crippen LogP contribution in [0.25, 0.3) is 0 Å². The van der Waals surface area contributed by atoms with E-state index < -0.39 is 0 Å². The van der Waals surface area contributed by atoms with E-state index in [4.69, 9.17) is 4.74 Å². The smallest absolute Gasteiger partial charge is 0.251 e. The summed E-state index contributed by atoms with van der Waals surface area (Å²) in [7, 11) is 0. The molecule has 0 fully saturated rings. The second-order valence-corrected chi connectivity index (χ2v) is 6.96. The van der Waals surface area contributed by atoms with Gasteiger partial charge in [-0.1, -0.05) is 42.5 Å². The van der Waals surface area contributed by atoms with Crippen LogP contribution in [0.4, 0.5) is 0 Å². The Labute approximate surface area is 180 Å². The van der Waals surface area contributed by atoms with Crippen LogP contribution < -0.4 is 16.0 Å². The molecule has 3 N–H and O–H groups in total. The standard InChI is InChI=1S/C24H34N4O2/c1-4-25-23(29)22-14-9-11-20(17-22)18-28-24(26-5-2)27-15-10-16-30-19(3)21-12-7-6-8-13-21/h6-9,11-14,17,19H,4-5,10,15-16,18H2,1-3H3,(H,25,29)(H2,26,27,28). The molecule has 2 rings (SSSR count). The van der Waals surface area contributed by atoms with Crippen LogP contribution in [0.3, 0.4) is 0 Å². The number of carbonyl (C=O) groups is 1. The fraction of sp³-hybridized carbons (Fsp3) is 0.417. The summed E-state index contributed by atoms with van der Waals surface area (Å²) in [4.78, 5) is 16.6. The van der Waals surface area contributed by atoms with Crippen molar-refractivity contribution >= 4 is 11.9 Å². The number of guanidine groups is 1. The van der Waals surface area contributed by atoms with Gasteiger partial charge in [0.2, 0.25) is 0 Å². The number of ether oxygens (including phenoxy) is 1. The van der Waals surface area contributed by atoms with Crippen LogP contribution in [0.1, 0.15) is 54.8 Å². The molecule has 0 aliphatic rings. The number of amides is 1. The van der Waals surface area contributed by atoms with Gasteiger partial charge in [0.15, 0.2) is 5.96 Å². The number of rotatable bonds is 11. The zero-order chi connectivity index (χ0) is 21.6. The number of hydrogen-bond donors (Lipinski definition) is 3. The Morgan fingerprint density at radius 2 is 1.77 bits per heavy atom. The molecule has 0 radical (unpaired) electrons. The summed E-state index contributed by atoms with van der Waals surface area (Å²) in [6.45, 7) is 9.37. The highest BCUT2D eigenvalue weighted by molar-refractivity contribution is 5.94. The van der Waals surface area contributed by atoms with Crippen molar-refractivity contribution in [2.24, 2.45) is 4.99 Å². The maximum Gasteiger partial charge on any atom is 0.251 e. The average molecular weight is 411 g/mol. The molecule has 0 aliphatic carbocycles. The van der Waals surface area contributed by atoms with E-state index >= 15 is 0 Å². The van der Waals surface area contributed by atoms with Gasteiger partial charge >= 0.3 is 0 Å². The van der Waals surface area contributed by atoms with Gasteiger partial charge in [-0.05, 0) is 50.5 Å². The molecule has 0 heterocycles. The van der Waals surface area contributed by atoms with Crippen molar-refractivity contribution in [3.8, 4) is 0 Å². The second-order valence-electron chi connectivity index (χ2n) is 6.96. The summed E-state index contributed by atoms with van der Waals surface area (Å²) < 4.78 is 5.92. The Balaban J connectivity index is 1.79. The molecular formula is C24H34N4O2. The molecular weight excluding hydrogens is 376 g/mol. The maximum atomic E-state index is 12.0. The highest BCUT2D eigenvalue weighted by atomic mass is 16.5. The third kappa shape index (κ3) is 8.25. The van der Waals surface area contributed by atoms with E-state index in [0.717, 1.165) is 31.0 Å². The van der Waals surface area contributed by atoms with E-state index in [9.17, 15) is 4.79 Å². The maximum absolute atomic E-state index is 12.0. The molecule has 0 bridgehead atoms. The zero-order valence-corrected chi connectivity index (χ0v) is 18.3. The predicted octanol–water partition coefficient (Wildman–Crippen LogP) is 3.66. The number of nitrogens with one attached hydrogen (secondary N) is 3. The molecule has 0 saturated heterocycles. The van der Waals surface area contributed by atoms with Gasteiger partial charge in [-0.25, -0.2) is 4.99 Å². The van der Waals surface area contributed by atoms with E-state index in [1.807, 2.05) is 56.3 Å². The van der Waals surface area contributed by atoms with Gasteiger partial charge < -0.3 is 20.7 Å². The number of benzene rings is 2. The van der Waals surface area contributed by atoms with Gasteiger partial charge in [0, 0.05) is 31.8 Å². The summed E-state index contributed by atoms with van der Waals surface area (Å²) >= 11 is 0. The lowest BCUT2D eigenvalue weighted by atomic mass is 10.1. The highest BCUT2D eigenvalue weighted by Gasteiger charge is 2.06. The van der Waals surface area contributed by atoms with Crippen molar-refractivity contribution in [1.82, 2.24) is 16.0 Å². The van der Waals surface area contributed by atoms with Gasteiger partial charge in [0.1, 0.15) is 0 Å². The minimum absolute atomic E-state index is 0.0573. The van der Waals surface area contributed by atoms with Crippen LogP contribution in [-0.2, 0) is 11.3 Å². The van der Waals surface area contributed by atoms with E-state index in [2.05, 4.69) is 40.0 Å². The Kier molecular flexibility index (Phi) is 10.4. The summed E-state index contributed by atoms with van der Waals surface area (Å²) in [5.74, 6) is 0.704. The van der Waals surface area contributed by atoms with E-state index in [1.165, 1.54) is 5.56 Å². The van der Waals surface area contributed by atoms with Gasteiger partial charge in [-0.15, -0.1) is 0 Å². The first kappa shape index (κ1) is 23.4. The first-order valence-corrected chi connectivity index (χ1v) is 10.7. The number of hydrogen-bond acceptors (Lipinski definition) is 3. The molecule has 0 aliphatic heterocycles. The molecule has 2 aromatic rings. The molecule has 6 nitrogen and oxygen atoms in total. The number of carbonyl (C=O) groups excluding carboxylic acids is 1. The van der Waals surface area contributed by atoms with Crippen molar-refractivity contribution in [1.29, 1.82) is 0 Å². The third-order valence-corrected chi connectivity index (χ3v) is 4.54. The van der Waals surface area contributed by atoms with Crippen LogP contribution in [0, 0.1) is 0 Å². The van der Waals surface area contributed by atoms with Crippen LogP contribution in [-0.4, -0.2) is 38.1 Å². The topological polar surface area (TPSA) is 74.8 Å². The molecule has 1 atom stereocenters. The van der Waals surface area contributed by atoms with Crippen molar-refractivity contribution in [3.63, 3.8) is 0 Å². The zero-order valence-electron chi connectivity index (χ0n) is 18.3. The monoisotopic (exact) mass is 410 g/mol. The van der Waals surface area contributed by atoms with Gasteiger partial charge in [-0.2, -0.15) is 0 Å². The lowest BCUT2D eigenvalue weighted by molar-refractivity contribution is 0.0646. The first-order chi connectivity index (χ1) is 14.6. The Morgan fingerprint density at radius 3 is 2.50 bits per heavy atom. The molecule has 6 heteroatoms. The minimum Gasteiger partial charge on any atom is -0.374 e. The van der Waals surface area contributed by atoms with Gasteiger partial charge in [-0.3, -0.25) is 4.79 Å². The molecule has 30 heavy (non-hydrogen) atoms. The normalized spacial score (nSPS) is 12.3. The Hall–Kier alpha value is -2.86. The number of aliphatic imine (C=N–C) groups is 1. The van der Waals surface area contributed by atoms with Crippen molar-refractivity contribution < 1.29 is 9.53 Å². The average Bonchev–Trinajstić information content (AvgIpc) is 2.78. The molecule has 0 aromatic heterocycles. The van der Waals surface area contributed by atoms with Gasteiger partial charge in [0.05, 0.1) is 12.6 Å². The fourth-order valence-electron chi connectivity index (χ4n) is 2.94. The fourth-order valence-corrected chi connectivity index (χ4v) is 2.94. The highest BCUT2D eigenvalue weighted by Crippen LogP contribution is 2.15. The summed E-state index contributed by atoms with van der Waals surface area (Å²) in [6.07, 6.45) is 0.971. The van der Waals surface area contributed by atoms with Gasteiger partial charge in [0.25, 0.3) is 5.91 Å². The third-order valence-electron chi connectivity index (χ3n) is 4.54. The molecule has 2 aromatic carbocycles. The lowest BCUT2D eigenvalue weighted by Crippen LogP contribution is -2.38. The Bertz CT molecular complexity index is 793. The van der Waals surface area contributed by atoms with E-state index in [1.54, 1.807) is 0 Å². The first-order valence-electron chi connectivity index (χ1n) is 10.7. The molecule has 162 valence electrons.